The van der Waals surface area contributed by atoms with Gasteiger partial charge in [0.15, 0.2) is 0 Å². The van der Waals surface area contributed by atoms with Gasteiger partial charge in [0.25, 0.3) is 0 Å². The summed E-state index contributed by atoms with van der Waals surface area (Å²) >= 11 is 11.9. The number of benzene rings is 1. The Labute approximate surface area is 111 Å². The van der Waals surface area contributed by atoms with Gasteiger partial charge in [-0.2, -0.15) is 0 Å². The van der Waals surface area contributed by atoms with Crippen molar-refractivity contribution in [2.24, 2.45) is 5.92 Å². The molecule has 94 valence electrons. The highest BCUT2D eigenvalue weighted by molar-refractivity contribution is 6.35. The molecule has 17 heavy (non-hydrogen) atoms. The fourth-order valence-electron chi connectivity index (χ4n) is 2.24. The van der Waals surface area contributed by atoms with Crippen LogP contribution in [0.3, 0.4) is 0 Å². The van der Waals surface area contributed by atoms with Crippen LogP contribution >= 0.6 is 23.2 Å². The number of halogens is 2. The molecule has 3 atom stereocenters. The lowest BCUT2D eigenvalue weighted by atomic mass is 9.95. The second-order valence-electron chi connectivity index (χ2n) is 4.61. The lowest BCUT2D eigenvalue weighted by molar-refractivity contribution is -0.0157. The molecule has 1 N–H and O–H groups in total. The van der Waals surface area contributed by atoms with Crippen LogP contribution in [0.15, 0.2) is 18.2 Å². The minimum atomic E-state index is -0.508. The second kappa shape index (κ2) is 5.57. The third kappa shape index (κ3) is 3.14. The molecule has 4 heteroatoms. The number of rotatable bonds is 3. The van der Waals surface area contributed by atoms with Gasteiger partial charge in [-0.1, -0.05) is 36.2 Å². The highest BCUT2D eigenvalue weighted by Gasteiger charge is 2.31. The zero-order valence-electron chi connectivity index (χ0n) is 9.70. The molecule has 0 saturated carbocycles. The van der Waals surface area contributed by atoms with E-state index in [0.29, 0.717) is 22.4 Å². The van der Waals surface area contributed by atoms with Crippen LogP contribution in [0.1, 0.15) is 18.9 Å². The zero-order valence-corrected chi connectivity index (χ0v) is 11.2. The van der Waals surface area contributed by atoms with Crippen LogP contribution in [0, 0.1) is 5.92 Å². The molecule has 2 nitrogen and oxygen atoms in total. The second-order valence-corrected chi connectivity index (χ2v) is 5.45. The van der Waals surface area contributed by atoms with E-state index in [1.54, 1.807) is 12.1 Å². The summed E-state index contributed by atoms with van der Waals surface area (Å²) in [6.45, 7) is 2.83. The fraction of sp³-hybridized carbons (Fsp3) is 0.538. The predicted molar refractivity (Wildman–Crippen MR) is 69.7 cm³/mol. The molecule has 1 heterocycles. The standard InChI is InChI=1S/C13H16Cl2O2/c1-8-4-5-17-13(8)12(16)6-9-2-3-10(14)7-11(9)15/h2-3,7-8,12-13,16H,4-6H2,1H3. The summed E-state index contributed by atoms with van der Waals surface area (Å²) in [5.41, 5.74) is 0.909. The van der Waals surface area contributed by atoms with E-state index >= 15 is 0 Å². The van der Waals surface area contributed by atoms with E-state index in [1.807, 2.05) is 6.07 Å². The lowest BCUT2D eigenvalue weighted by Gasteiger charge is -2.21. The fourth-order valence-corrected chi connectivity index (χ4v) is 2.72. The molecular formula is C13H16Cl2O2. The van der Waals surface area contributed by atoms with E-state index in [2.05, 4.69) is 6.92 Å². The van der Waals surface area contributed by atoms with E-state index in [9.17, 15) is 5.11 Å². The van der Waals surface area contributed by atoms with Crippen molar-refractivity contribution in [3.05, 3.63) is 33.8 Å². The number of aliphatic hydroxyl groups excluding tert-OH is 1. The molecule has 1 aliphatic heterocycles. The SMILES string of the molecule is CC1CCOC1C(O)Cc1ccc(Cl)cc1Cl. The molecule has 1 fully saturated rings. The molecule has 2 rings (SSSR count). The molecule has 1 aliphatic rings. The Morgan fingerprint density at radius 2 is 2.24 bits per heavy atom. The van der Waals surface area contributed by atoms with Crippen molar-refractivity contribution < 1.29 is 9.84 Å². The van der Waals surface area contributed by atoms with Gasteiger partial charge in [0.05, 0.1) is 12.2 Å². The summed E-state index contributed by atoms with van der Waals surface area (Å²) in [6, 6.07) is 5.34. The van der Waals surface area contributed by atoms with Crippen molar-refractivity contribution in [3.8, 4) is 0 Å². The van der Waals surface area contributed by atoms with Crippen LogP contribution < -0.4 is 0 Å². The average Bonchev–Trinajstić information content (AvgIpc) is 2.68. The van der Waals surface area contributed by atoms with Gasteiger partial charge >= 0.3 is 0 Å². The maximum atomic E-state index is 10.1. The van der Waals surface area contributed by atoms with Crippen LogP contribution in [0.2, 0.25) is 10.0 Å². The largest absolute Gasteiger partial charge is 0.390 e. The summed E-state index contributed by atoms with van der Waals surface area (Å²) in [5.74, 6) is 0.399. The topological polar surface area (TPSA) is 29.5 Å². The van der Waals surface area contributed by atoms with Crippen LogP contribution in [-0.2, 0) is 11.2 Å². The summed E-state index contributed by atoms with van der Waals surface area (Å²) < 4.78 is 5.54. The van der Waals surface area contributed by atoms with Crippen molar-refractivity contribution in [1.82, 2.24) is 0 Å². The first-order valence-electron chi connectivity index (χ1n) is 5.81. The van der Waals surface area contributed by atoms with E-state index in [4.69, 9.17) is 27.9 Å². The third-order valence-corrected chi connectivity index (χ3v) is 3.85. The smallest absolute Gasteiger partial charge is 0.0863 e. The Morgan fingerprint density at radius 3 is 2.82 bits per heavy atom. The summed E-state index contributed by atoms with van der Waals surface area (Å²) in [5, 5.41) is 11.4. The third-order valence-electron chi connectivity index (χ3n) is 3.27. The molecule has 0 radical (unpaired) electrons. The van der Waals surface area contributed by atoms with Gasteiger partial charge in [-0.3, -0.25) is 0 Å². The van der Waals surface area contributed by atoms with Gasteiger partial charge < -0.3 is 9.84 Å². The zero-order chi connectivity index (χ0) is 12.4. The minimum Gasteiger partial charge on any atom is -0.390 e. The first kappa shape index (κ1) is 13.2. The van der Waals surface area contributed by atoms with Crippen LogP contribution in [0.4, 0.5) is 0 Å². The molecule has 0 aromatic heterocycles. The van der Waals surface area contributed by atoms with Crippen LogP contribution in [-0.4, -0.2) is 23.9 Å². The molecular weight excluding hydrogens is 259 g/mol. The van der Waals surface area contributed by atoms with Crippen molar-refractivity contribution >= 4 is 23.2 Å². The highest BCUT2D eigenvalue weighted by atomic mass is 35.5. The molecule has 0 aliphatic carbocycles. The Bertz CT molecular complexity index is 395. The van der Waals surface area contributed by atoms with E-state index in [1.165, 1.54) is 0 Å². The quantitative estimate of drug-likeness (QED) is 0.917. The number of aliphatic hydroxyl groups is 1. The van der Waals surface area contributed by atoms with Crippen molar-refractivity contribution in [2.75, 3.05) is 6.61 Å². The summed E-state index contributed by atoms with van der Waals surface area (Å²) in [6.07, 6.45) is 0.925. The van der Waals surface area contributed by atoms with Crippen LogP contribution in [0.5, 0.6) is 0 Å². The Kier molecular flexibility index (Phi) is 4.31. The monoisotopic (exact) mass is 274 g/mol. The molecule has 1 aromatic carbocycles. The molecule has 3 unspecified atom stereocenters. The van der Waals surface area contributed by atoms with Gasteiger partial charge in [0.2, 0.25) is 0 Å². The van der Waals surface area contributed by atoms with E-state index in [0.717, 1.165) is 18.6 Å². The molecule has 0 spiro atoms. The summed E-state index contributed by atoms with van der Waals surface area (Å²) in [7, 11) is 0. The number of hydrogen-bond acceptors (Lipinski definition) is 2. The molecule has 0 bridgehead atoms. The first-order chi connectivity index (χ1) is 8.08. The summed E-state index contributed by atoms with van der Waals surface area (Å²) in [4.78, 5) is 0. The van der Waals surface area contributed by atoms with Gasteiger partial charge in [-0.05, 0) is 30.0 Å². The van der Waals surface area contributed by atoms with Crippen LogP contribution in [0.25, 0.3) is 0 Å². The molecule has 1 aromatic rings. The highest BCUT2D eigenvalue weighted by Crippen LogP contribution is 2.27. The van der Waals surface area contributed by atoms with E-state index in [-0.39, 0.29) is 6.10 Å². The first-order valence-corrected chi connectivity index (χ1v) is 6.57. The molecule has 0 amide bonds. The normalized spacial score (nSPS) is 26.1. The van der Waals surface area contributed by atoms with Gasteiger partial charge in [-0.15, -0.1) is 0 Å². The Hall–Kier alpha value is -0.280. The van der Waals surface area contributed by atoms with Crippen molar-refractivity contribution in [2.45, 2.75) is 32.0 Å². The maximum absolute atomic E-state index is 10.1. The average molecular weight is 275 g/mol. The van der Waals surface area contributed by atoms with Gasteiger partial charge in [0, 0.05) is 23.1 Å². The minimum absolute atomic E-state index is 0.0817. The predicted octanol–water partition coefficient (Wildman–Crippen LogP) is 3.32. The Balaban J connectivity index is 2.04. The van der Waals surface area contributed by atoms with Gasteiger partial charge in [0.1, 0.15) is 0 Å². The van der Waals surface area contributed by atoms with Gasteiger partial charge in [-0.25, -0.2) is 0 Å². The van der Waals surface area contributed by atoms with E-state index < -0.39 is 6.10 Å². The number of hydrogen-bond donors (Lipinski definition) is 1. The van der Waals surface area contributed by atoms with Crippen molar-refractivity contribution in [3.63, 3.8) is 0 Å². The Morgan fingerprint density at radius 1 is 1.47 bits per heavy atom. The molecule has 1 saturated heterocycles. The maximum Gasteiger partial charge on any atom is 0.0863 e. The number of ether oxygens (including phenoxy) is 1. The van der Waals surface area contributed by atoms with Crippen molar-refractivity contribution in [1.29, 1.82) is 0 Å². The lowest BCUT2D eigenvalue weighted by Crippen LogP contribution is -2.31.